The molecule has 0 aliphatic carbocycles. The van der Waals surface area contributed by atoms with Gasteiger partial charge in [0.15, 0.2) is 4.90 Å². The van der Waals surface area contributed by atoms with Gasteiger partial charge in [-0.05, 0) is 86.8 Å². The fraction of sp³-hybridized carbons (Fsp3) is 0.0882. The summed E-state index contributed by atoms with van der Waals surface area (Å²) in [6.45, 7) is 2.28. The molecule has 0 aromatic heterocycles. The first-order valence-corrected chi connectivity index (χ1v) is 13.9. The highest BCUT2D eigenvalue weighted by Gasteiger charge is 2.22. The molecule has 0 spiro atoms. The van der Waals surface area contributed by atoms with Crippen LogP contribution in [0.15, 0.2) is 120 Å². The average molecular weight is 481 g/mol. The number of hydrogen-bond donors (Lipinski definition) is 0. The molecule has 0 fully saturated rings. The number of nitriles is 1. The lowest BCUT2D eigenvalue weighted by Gasteiger charge is -2.14. The topological polar surface area (TPSA) is 23.8 Å². The van der Waals surface area contributed by atoms with Crippen LogP contribution < -0.4 is 0 Å². The first kappa shape index (κ1) is 22.4. The van der Waals surface area contributed by atoms with Crippen LogP contribution in [0, 0.1) is 11.3 Å². The molecule has 1 atom stereocenters. The second kappa shape index (κ2) is 9.53. The first-order valence-electron chi connectivity index (χ1n) is 12.3. The summed E-state index contributed by atoms with van der Waals surface area (Å²) in [4.78, 5) is 1.39. The Morgan fingerprint density at radius 3 is 2.08 bits per heavy atom. The predicted molar refractivity (Wildman–Crippen MR) is 155 cm³/mol. The van der Waals surface area contributed by atoms with Crippen molar-refractivity contribution in [1.82, 2.24) is 0 Å². The number of fused-ring (bicyclic) bond motifs is 3. The maximum atomic E-state index is 9.13. The molecular weight excluding hydrogens is 454 g/mol. The molecule has 2 heteroatoms. The van der Waals surface area contributed by atoms with Gasteiger partial charge in [0.2, 0.25) is 0 Å². The van der Waals surface area contributed by atoms with Gasteiger partial charge >= 0.3 is 0 Å². The van der Waals surface area contributed by atoms with Gasteiger partial charge in [0.25, 0.3) is 0 Å². The Bertz CT molecular complexity index is 1750. The van der Waals surface area contributed by atoms with Crippen LogP contribution in [-0.4, -0.2) is 5.75 Å². The monoisotopic (exact) mass is 480 g/mol. The van der Waals surface area contributed by atoms with Crippen molar-refractivity contribution in [2.24, 2.45) is 0 Å². The summed E-state index contributed by atoms with van der Waals surface area (Å²) in [7, 11) is 0.0890. The maximum Gasteiger partial charge on any atom is 0.155 e. The molecule has 0 N–H and O–H groups in total. The molecule has 0 radical (unpaired) electrons. The number of hydrogen-bond acceptors (Lipinski definition) is 1. The number of benzene rings is 6. The fourth-order valence-electron chi connectivity index (χ4n) is 5.13. The SMILES string of the molecule is CC[S+](Cc1ccc(C#N)cc1)c1cccc(-c2c3ccccc3cc3cc4ccccc4cc23)c1. The fourth-order valence-corrected chi connectivity index (χ4v) is 6.99. The van der Waals surface area contributed by atoms with Crippen LogP contribution in [0.5, 0.6) is 0 Å². The van der Waals surface area contributed by atoms with Crippen LogP contribution in [0.3, 0.4) is 0 Å². The Morgan fingerprint density at radius 2 is 1.33 bits per heavy atom. The van der Waals surface area contributed by atoms with E-state index in [1.165, 1.54) is 53.9 Å². The van der Waals surface area contributed by atoms with Crippen LogP contribution in [0.4, 0.5) is 0 Å². The largest absolute Gasteiger partial charge is 0.192 e. The third-order valence-corrected chi connectivity index (χ3v) is 9.26. The van der Waals surface area contributed by atoms with Crippen LogP contribution in [0.25, 0.3) is 43.4 Å². The Labute approximate surface area is 215 Å². The minimum absolute atomic E-state index is 0.0890. The summed E-state index contributed by atoms with van der Waals surface area (Å²) in [6.07, 6.45) is 0. The lowest BCUT2D eigenvalue weighted by molar-refractivity contribution is 1.31. The molecule has 1 unspecified atom stereocenters. The van der Waals surface area contributed by atoms with Gasteiger partial charge < -0.3 is 0 Å². The van der Waals surface area contributed by atoms with E-state index in [0.29, 0.717) is 5.56 Å². The summed E-state index contributed by atoms with van der Waals surface area (Å²) in [6, 6.07) is 43.8. The molecule has 0 saturated carbocycles. The zero-order valence-corrected chi connectivity index (χ0v) is 21.1. The Balaban J connectivity index is 1.51. The Kier molecular flexibility index (Phi) is 5.93. The quantitative estimate of drug-likeness (QED) is 0.178. The second-order valence-electron chi connectivity index (χ2n) is 9.16. The average Bonchev–Trinajstić information content (AvgIpc) is 2.94. The Hall–Kier alpha value is -4.06. The molecule has 36 heavy (non-hydrogen) atoms. The molecule has 0 amide bonds. The molecule has 0 aliphatic heterocycles. The van der Waals surface area contributed by atoms with Crippen molar-refractivity contribution in [1.29, 1.82) is 5.26 Å². The van der Waals surface area contributed by atoms with Gasteiger partial charge in [-0.15, -0.1) is 0 Å². The van der Waals surface area contributed by atoms with Crippen molar-refractivity contribution in [2.75, 3.05) is 5.75 Å². The summed E-state index contributed by atoms with van der Waals surface area (Å²) in [5.74, 6) is 2.08. The molecule has 172 valence electrons. The number of rotatable bonds is 5. The van der Waals surface area contributed by atoms with Crippen LogP contribution in [0.1, 0.15) is 18.1 Å². The van der Waals surface area contributed by atoms with E-state index in [1.807, 2.05) is 12.1 Å². The van der Waals surface area contributed by atoms with Gasteiger partial charge in [0, 0.05) is 22.5 Å². The summed E-state index contributed by atoms with van der Waals surface area (Å²) < 4.78 is 0. The second-order valence-corrected chi connectivity index (χ2v) is 11.5. The van der Waals surface area contributed by atoms with E-state index >= 15 is 0 Å². The highest BCUT2D eigenvalue weighted by molar-refractivity contribution is 7.96. The zero-order chi connectivity index (χ0) is 24.5. The summed E-state index contributed by atoms with van der Waals surface area (Å²) in [5, 5.41) is 16.8. The molecule has 0 aliphatic rings. The normalized spacial score (nSPS) is 12.1. The highest BCUT2D eigenvalue weighted by Crippen LogP contribution is 2.39. The molecular formula is C34H26NS+. The molecule has 0 saturated heterocycles. The van der Waals surface area contributed by atoms with Crippen molar-refractivity contribution in [3.8, 4) is 17.2 Å². The zero-order valence-electron chi connectivity index (χ0n) is 20.2. The maximum absolute atomic E-state index is 9.13. The molecule has 6 aromatic carbocycles. The number of nitrogens with zero attached hydrogens (tertiary/aromatic N) is 1. The van der Waals surface area contributed by atoms with Gasteiger partial charge in [0.1, 0.15) is 11.5 Å². The molecule has 6 aromatic rings. The first-order chi connectivity index (χ1) is 17.7. The van der Waals surface area contributed by atoms with E-state index in [0.717, 1.165) is 11.5 Å². The van der Waals surface area contributed by atoms with E-state index in [4.69, 9.17) is 5.26 Å². The third kappa shape index (κ3) is 4.13. The van der Waals surface area contributed by atoms with Gasteiger partial charge in [-0.3, -0.25) is 0 Å². The summed E-state index contributed by atoms with van der Waals surface area (Å²) >= 11 is 0. The van der Waals surface area contributed by atoms with Gasteiger partial charge in [-0.1, -0.05) is 72.8 Å². The standard InChI is InChI=1S/C34H26NS/c1-2-36(23-25-16-14-24(22-35)15-17-25)31-12-7-11-29(20-31)34-32-13-6-5-10-28(32)19-30-18-26-8-3-4-9-27(26)21-33(30)34/h3-21H,2,23H2,1H3/q+1. The van der Waals surface area contributed by atoms with Gasteiger partial charge in [-0.2, -0.15) is 5.26 Å². The van der Waals surface area contributed by atoms with E-state index in [9.17, 15) is 0 Å². The van der Waals surface area contributed by atoms with Crippen molar-refractivity contribution in [3.63, 3.8) is 0 Å². The lowest BCUT2D eigenvalue weighted by atomic mass is 9.90. The highest BCUT2D eigenvalue weighted by atomic mass is 32.2. The van der Waals surface area contributed by atoms with Gasteiger partial charge in [-0.25, -0.2) is 0 Å². The van der Waals surface area contributed by atoms with Crippen LogP contribution in [-0.2, 0) is 16.6 Å². The molecule has 0 bridgehead atoms. The molecule has 0 heterocycles. The van der Waals surface area contributed by atoms with Gasteiger partial charge in [0.05, 0.1) is 11.6 Å². The van der Waals surface area contributed by atoms with Crippen molar-refractivity contribution < 1.29 is 0 Å². The smallest absolute Gasteiger partial charge is 0.155 e. The predicted octanol–water partition coefficient (Wildman–Crippen LogP) is 8.88. The Morgan fingerprint density at radius 1 is 0.639 bits per heavy atom. The molecule has 1 nitrogen and oxygen atoms in total. The third-order valence-electron chi connectivity index (χ3n) is 6.96. The van der Waals surface area contributed by atoms with E-state index in [2.05, 4.69) is 116 Å². The van der Waals surface area contributed by atoms with Crippen LogP contribution in [0.2, 0.25) is 0 Å². The lowest BCUT2D eigenvalue weighted by Crippen LogP contribution is -2.09. The van der Waals surface area contributed by atoms with E-state index in [1.54, 1.807) is 0 Å². The molecule has 6 rings (SSSR count). The van der Waals surface area contributed by atoms with E-state index in [-0.39, 0.29) is 10.9 Å². The minimum atomic E-state index is 0.0890. The van der Waals surface area contributed by atoms with Crippen LogP contribution >= 0.6 is 0 Å². The van der Waals surface area contributed by atoms with Crippen molar-refractivity contribution in [2.45, 2.75) is 17.6 Å². The van der Waals surface area contributed by atoms with E-state index < -0.39 is 0 Å². The van der Waals surface area contributed by atoms with Crippen molar-refractivity contribution >= 4 is 43.2 Å². The van der Waals surface area contributed by atoms with Crippen molar-refractivity contribution in [3.05, 3.63) is 126 Å². The minimum Gasteiger partial charge on any atom is -0.192 e. The summed E-state index contributed by atoms with van der Waals surface area (Å²) in [5.41, 5.74) is 4.59.